The summed E-state index contributed by atoms with van der Waals surface area (Å²) in [5, 5.41) is 3.54. The first-order valence-electron chi connectivity index (χ1n) is 10.4. The molecule has 0 fully saturated rings. The first-order chi connectivity index (χ1) is 15.9. The highest BCUT2D eigenvalue weighted by Gasteiger charge is 2.25. The number of thioether (sulfide) groups is 1. The Hall–Kier alpha value is -2.90. The zero-order valence-electron chi connectivity index (χ0n) is 18.8. The average Bonchev–Trinajstić information content (AvgIpc) is 3.30. The third-order valence-electron chi connectivity index (χ3n) is 5.13. The molecule has 1 atom stereocenters. The first-order valence-corrected chi connectivity index (χ1v) is 12.2. The number of likely N-dealkylation sites (N-methyl/N-ethyl adjacent to an activating group) is 1. The van der Waals surface area contributed by atoms with Crippen LogP contribution in [0.3, 0.4) is 0 Å². The normalized spacial score (nSPS) is 11.6. The van der Waals surface area contributed by atoms with E-state index in [1.165, 1.54) is 0 Å². The lowest BCUT2D eigenvalue weighted by Crippen LogP contribution is -2.47. The molecule has 0 aliphatic heterocycles. The number of hydrogen-bond donors (Lipinski definition) is 1. The maximum atomic E-state index is 13.2. The minimum atomic E-state index is -0.636. The van der Waals surface area contributed by atoms with Crippen molar-refractivity contribution in [3.05, 3.63) is 77.0 Å². The Balaban J connectivity index is 1.66. The molecule has 3 rings (SSSR count). The number of amides is 2. The third-order valence-corrected chi connectivity index (χ3v) is 6.02. The second-order valence-electron chi connectivity index (χ2n) is 7.50. The fourth-order valence-electron chi connectivity index (χ4n) is 3.29. The van der Waals surface area contributed by atoms with Crippen LogP contribution in [0.25, 0.3) is 11.3 Å². The van der Waals surface area contributed by atoms with Crippen LogP contribution in [0.5, 0.6) is 5.75 Å². The lowest BCUT2D eigenvalue weighted by atomic mass is 10.1. The van der Waals surface area contributed by atoms with Crippen molar-refractivity contribution < 1.29 is 18.7 Å². The maximum absolute atomic E-state index is 13.2. The largest absolute Gasteiger partial charge is 0.497 e. The summed E-state index contributed by atoms with van der Waals surface area (Å²) in [6, 6.07) is 17.2. The monoisotopic (exact) mass is 486 g/mol. The number of benzene rings is 2. The second-order valence-corrected chi connectivity index (χ2v) is 8.93. The molecule has 0 spiro atoms. The van der Waals surface area contributed by atoms with E-state index in [9.17, 15) is 9.59 Å². The lowest BCUT2D eigenvalue weighted by molar-refractivity contribution is -0.132. The predicted molar refractivity (Wildman–Crippen MR) is 133 cm³/mol. The van der Waals surface area contributed by atoms with Crippen molar-refractivity contribution >= 4 is 35.2 Å². The molecule has 1 heterocycles. The molecule has 1 unspecified atom stereocenters. The van der Waals surface area contributed by atoms with E-state index in [1.54, 1.807) is 67.2 Å². The number of halogens is 1. The number of nitrogens with zero attached hydrogens (tertiary/aromatic N) is 1. The Labute approximate surface area is 203 Å². The zero-order valence-corrected chi connectivity index (χ0v) is 20.4. The Bertz CT molecular complexity index is 1070. The predicted octanol–water partition coefficient (Wildman–Crippen LogP) is 5.12. The third kappa shape index (κ3) is 6.79. The molecule has 33 heavy (non-hydrogen) atoms. The van der Waals surface area contributed by atoms with Gasteiger partial charge in [-0.05, 0) is 79.1 Å². The number of rotatable bonds is 10. The molecule has 1 N–H and O–H groups in total. The van der Waals surface area contributed by atoms with Gasteiger partial charge >= 0.3 is 0 Å². The summed E-state index contributed by atoms with van der Waals surface area (Å²) in [6.07, 6.45) is 2.50. The SMILES string of the molecule is COc1ccc(C(=O)NC(CCSC)C(=O)N(C)Cc2ccc(-c3ccc(Cl)cc3)o2)cc1. The van der Waals surface area contributed by atoms with Gasteiger partial charge in [0.2, 0.25) is 5.91 Å². The van der Waals surface area contributed by atoms with Crippen molar-refractivity contribution in [1.29, 1.82) is 0 Å². The highest BCUT2D eigenvalue weighted by Crippen LogP contribution is 2.24. The molecule has 2 aromatic carbocycles. The molecular formula is C25H27ClN2O4S. The quantitative estimate of drug-likeness (QED) is 0.430. The van der Waals surface area contributed by atoms with Gasteiger partial charge in [0.25, 0.3) is 5.91 Å². The summed E-state index contributed by atoms with van der Waals surface area (Å²) in [6.45, 7) is 0.292. The van der Waals surface area contributed by atoms with Crippen LogP contribution in [0.1, 0.15) is 22.5 Å². The summed E-state index contributed by atoms with van der Waals surface area (Å²) < 4.78 is 11.1. The molecule has 0 aliphatic carbocycles. The Morgan fingerprint density at radius 3 is 2.42 bits per heavy atom. The second kappa shape index (κ2) is 11.8. The summed E-state index contributed by atoms with van der Waals surface area (Å²) in [5.74, 6) is 2.30. The molecule has 8 heteroatoms. The molecule has 1 aromatic heterocycles. The van der Waals surface area contributed by atoms with Gasteiger partial charge in [0, 0.05) is 23.2 Å². The minimum absolute atomic E-state index is 0.171. The molecule has 0 bridgehead atoms. The maximum Gasteiger partial charge on any atom is 0.251 e. The molecule has 174 valence electrons. The van der Waals surface area contributed by atoms with E-state index >= 15 is 0 Å². The van der Waals surface area contributed by atoms with Gasteiger partial charge in [0.15, 0.2) is 0 Å². The first kappa shape index (κ1) is 24.7. The van der Waals surface area contributed by atoms with Crippen LogP contribution >= 0.6 is 23.4 Å². The summed E-state index contributed by atoms with van der Waals surface area (Å²) >= 11 is 7.58. The summed E-state index contributed by atoms with van der Waals surface area (Å²) in [5.41, 5.74) is 1.38. The summed E-state index contributed by atoms with van der Waals surface area (Å²) in [4.78, 5) is 27.5. The topological polar surface area (TPSA) is 71.8 Å². The molecule has 6 nitrogen and oxygen atoms in total. The lowest BCUT2D eigenvalue weighted by Gasteiger charge is -2.24. The number of carbonyl (C=O) groups is 2. The number of hydrogen-bond acceptors (Lipinski definition) is 5. The van der Waals surface area contributed by atoms with Crippen molar-refractivity contribution in [3.8, 4) is 17.1 Å². The van der Waals surface area contributed by atoms with Crippen LogP contribution in [0.15, 0.2) is 65.1 Å². The van der Waals surface area contributed by atoms with Crippen molar-refractivity contribution in [1.82, 2.24) is 10.2 Å². The number of nitrogens with one attached hydrogen (secondary N) is 1. The molecule has 0 aliphatic rings. The average molecular weight is 487 g/mol. The van der Waals surface area contributed by atoms with Crippen molar-refractivity contribution in [3.63, 3.8) is 0 Å². The van der Waals surface area contributed by atoms with Crippen molar-refractivity contribution in [2.24, 2.45) is 0 Å². The van der Waals surface area contributed by atoms with E-state index in [1.807, 2.05) is 30.5 Å². The smallest absolute Gasteiger partial charge is 0.251 e. The van der Waals surface area contributed by atoms with E-state index in [0.717, 1.165) is 11.3 Å². The van der Waals surface area contributed by atoms with E-state index in [0.29, 0.717) is 40.8 Å². The Kier molecular flexibility index (Phi) is 8.86. The van der Waals surface area contributed by atoms with Gasteiger partial charge in [0.1, 0.15) is 23.3 Å². The fourth-order valence-corrected chi connectivity index (χ4v) is 3.88. The Morgan fingerprint density at radius 1 is 1.09 bits per heavy atom. The van der Waals surface area contributed by atoms with Crippen LogP contribution in [-0.4, -0.2) is 48.9 Å². The fraction of sp³-hybridized carbons (Fsp3) is 0.280. The van der Waals surface area contributed by atoms with E-state index in [2.05, 4.69) is 5.32 Å². The number of ether oxygens (including phenoxy) is 1. The molecule has 0 saturated heterocycles. The Morgan fingerprint density at radius 2 is 1.79 bits per heavy atom. The highest BCUT2D eigenvalue weighted by molar-refractivity contribution is 7.98. The standard InChI is InChI=1S/C25H27ClN2O4S/c1-28(16-21-12-13-23(32-21)17-4-8-19(26)9-5-17)25(30)22(14-15-33-3)27-24(29)18-6-10-20(31-2)11-7-18/h4-13,22H,14-16H2,1-3H3,(H,27,29). The van der Waals surface area contributed by atoms with Crippen LogP contribution in [-0.2, 0) is 11.3 Å². The van der Waals surface area contributed by atoms with E-state index < -0.39 is 6.04 Å². The molecule has 0 radical (unpaired) electrons. The highest BCUT2D eigenvalue weighted by atomic mass is 35.5. The van der Waals surface area contributed by atoms with Gasteiger partial charge in [-0.3, -0.25) is 9.59 Å². The van der Waals surface area contributed by atoms with Crippen molar-refractivity contribution in [2.45, 2.75) is 19.0 Å². The molecule has 3 aromatic rings. The van der Waals surface area contributed by atoms with Gasteiger partial charge in [-0.15, -0.1) is 0 Å². The number of carbonyl (C=O) groups excluding carboxylic acids is 2. The van der Waals surface area contributed by atoms with Gasteiger partial charge in [-0.2, -0.15) is 11.8 Å². The molecule has 0 saturated carbocycles. The number of methoxy groups -OCH3 is 1. The minimum Gasteiger partial charge on any atom is -0.497 e. The van der Waals surface area contributed by atoms with Crippen LogP contribution in [0.4, 0.5) is 0 Å². The van der Waals surface area contributed by atoms with Crippen molar-refractivity contribution in [2.75, 3.05) is 26.2 Å². The van der Waals surface area contributed by atoms with Gasteiger partial charge in [-0.25, -0.2) is 0 Å². The summed E-state index contributed by atoms with van der Waals surface area (Å²) in [7, 11) is 3.28. The molecular weight excluding hydrogens is 460 g/mol. The van der Waals surface area contributed by atoms with Crippen LogP contribution < -0.4 is 10.1 Å². The molecule has 2 amide bonds. The van der Waals surface area contributed by atoms with Crippen LogP contribution in [0.2, 0.25) is 5.02 Å². The van der Waals surface area contributed by atoms with Gasteiger partial charge < -0.3 is 19.4 Å². The van der Waals surface area contributed by atoms with E-state index in [4.69, 9.17) is 20.8 Å². The van der Waals surface area contributed by atoms with Gasteiger partial charge in [-0.1, -0.05) is 11.6 Å². The van der Waals surface area contributed by atoms with Crippen LogP contribution in [0, 0.1) is 0 Å². The zero-order chi connectivity index (χ0) is 23.8. The van der Waals surface area contributed by atoms with E-state index in [-0.39, 0.29) is 11.8 Å². The number of furan rings is 1. The van der Waals surface area contributed by atoms with Gasteiger partial charge in [0.05, 0.1) is 13.7 Å².